The van der Waals surface area contributed by atoms with Gasteiger partial charge < -0.3 is 10.8 Å². The number of nitrogen functional groups attached to an aromatic ring is 1. The van der Waals surface area contributed by atoms with Crippen LogP contribution in [0.2, 0.25) is 5.15 Å². The quantitative estimate of drug-likeness (QED) is 0.648. The smallest absolute Gasteiger partial charge is 0.338 e. The topological polar surface area (TPSA) is 89.1 Å². The van der Waals surface area contributed by atoms with Gasteiger partial charge in [0.2, 0.25) is 0 Å². The average molecular weight is 338 g/mol. The molecular formula is C12H8ClF4N3O2. The van der Waals surface area contributed by atoms with E-state index >= 15 is 0 Å². The monoisotopic (exact) mass is 337 g/mol. The highest BCUT2D eigenvalue weighted by Gasteiger charge is 2.16. The van der Waals surface area contributed by atoms with Gasteiger partial charge in [-0.2, -0.15) is 0 Å². The third-order valence-electron chi connectivity index (χ3n) is 2.23. The van der Waals surface area contributed by atoms with Crippen LogP contribution in [0.5, 0.6) is 0 Å². The number of aromatic nitrogens is 2. The van der Waals surface area contributed by atoms with Gasteiger partial charge in [0.15, 0.2) is 16.8 Å². The van der Waals surface area contributed by atoms with Gasteiger partial charge >= 0.3 is 5.97 Å². The van der Waals surface area contributed by atoms with Crippen molar-refractivity contribution in [2.45, 2.75) is 6.43 Å². The predicted molar refractivity (Wildman–Crippen MR) is 69.7 cm³/mol. The molecule has 0 spiro atoms. The van der Waals surface area contributed by atoms with Crippen LogP contribution in [0.1, 0.15) is 22.5 Å². The van der Waals surface area contributed by atoms with Crippen molar-refractivity contribution >= 4 is 23.3 Å². The number of halogens is 5. The van der Waals surface area contributed by atoms with E-state index < -0.39 is 40.4 Å². The van der Waals surface area contributed by atoms with Gasteiger partial charge in [0.1, 0.15) is 5.69 Å². The average Bonchev–Trinajstić information content (AvgIpc) is 2.45. The van der Waals surface area contributed by atoms with Crippen LogP contribution >= 0.6 is 11.6 Å². The molecule has 0 saturated heterocycles. The van der Waals surface area contributed by atoms with Crippen LogP contribution in [0.3, 0.4) is 0 Å². The zero-order valence-electron chi connectivity index (χ0n) is 10.6. The molecule has 5 nitrogen and oxygen atoms in total. The highest BCUT2D eigenvalue weighted by molar-refractivity contribution is 6.29. The lowest BCUT2D eigenvalue weighted by Crippen LogP contribution is -2.01. The molecular weight excluding hydrogens is 330 g/mol. The van der Waals surface area contributed by atoms with Gasteiger partial charge in [-0.15, -0.1) is 0 Å². The minimum absolute atomic E-state index is 0.310. The normalized spacial score (nSPS) is 10.1. The van der Waals surface area contributed by atoms with Gasteiger partial charge in [-0.05, 0) is 12.1 Å². The van der Waals surface area contributed by atoms with Crippen LogP contribution in [-0.4, -0.2) is 21.0 Å². The molecule has 2 heterocycles. The maximum Gasteiger partial charge on any atom is 0.338 e. The number of rotatable bonds is 2. The van der Waals surface area contributed by atoms with Crippen molar-refractivity contribution < 1.29 is 27.5 Å². The maximum atomic E-state index is 12.7. The number of carboxylic acids is 1. The fraction of sp³-hybridized carbons (Fsp3) is 0.0833. The van der Waals surface area contributed by atoms with Crippen molar-refractivity contribution in [3.63, 3.8) is 0 Å². The molecule has 0 aromatic carbocycles. The van der Waals surface area contributed by atoms with Crippen molar-refractivity contribution in [2.75, 3.05) is 5.73 Å². The molecule has 0 aliphatic heterocycles. The minimum atomic E-state index is -2.92. The molecule has 2 aromatic heterocycles. The zero-order valence-corrected chi connectivity index (χ0v) is 11.4. The Kier molecular flexibility index (Phi) is 6.05. The Labute approximate surface area is 126 Å². The molecule has 0 atom stereocenters. The first-order valence-corrected chi connectivity index (χ1v) is 5.84. The fourth-order valence-corrected chi connectivity index (χ4v) is 1.37. The van der Waals surface area contributed by atoms with E-state index in [-0.39, 0.29) is 5.69 Å². The van der Waals surface area contributed by atoms with Crippen LogP contribution in [0.4, 0.5) is 23.2 Å². The van der Waals surface area contributed by atoms with E-state index in [1.165, 1.54) is 0 Å². The summed E-state index contributed by atoms with van der Waals surface area (Å²) in [6, 6.07) is 2.17. The Hall–Kier alpha value is -2.42. The largest absolute Gasteiger partial charge is 0.478 e. The third-order valence-corrected chi connectivity index (χ3v) is 2.49. The van der Waals surface area contributed by atoms with Crippen molar-refractivity contribution in [2.24, 2.45) is 0 Å². The summed E-state index contributed by atoms with van der Waals surface area (Å²) in [6.45, 7) is 0. The van der Waals surface area contributed by atoms with Crippen molar-refractivity contribution in [3.05, 3.63) is 52.6 Å². The van der Waals surface area contributed by atoms with E-state index in [9.17, 15) is 22.4 Å². The SMILES string of the molecule is Nc1ccnc(C(F)F)c1F.O=C(O)c1ccnc(Cl)c1F. The Bertz CT molecular complexity index is 685. The molecule has 118 valence electrons. The van der Waals surface area contributed by atoms with Crippen molar-refractivity contribution in [3.8, 4) is 0 Å². The molecule has 0 aliphatic rings. The van der Waals surface area contributed by atoms with Crippen molar-refractivity contribution in [1.29, 1.82) is 0 Å². The molecule has 0 unspecified atom stereocenters. The molecule has 0 saturated carbocycles. The van der Waals surface area contributed by atoms with Crippen LogP contribution in [-0.2, 0) is 0 Å². The number of aromatic carboxylic acids is 1. The van der Waals surface area contributed by atoms with Crippen molar-refractivity contribution in [1.82, 2.24) is 9.97 Å². The number of nitrogens with zero attached hydrogens (tertiary/aromatic N) is 2. The zero-order chi connectivity index (χ0) is 16.9. The molecule has 2 rings (SSSR count). The second-order valence-electron chi connectivity index (χ2n) is 3.67. The number of hydrogen-bond donors (Lipinski definition) is 2. The van der Waals surface area contributed by atoms with E-state index in [2.05, 4.69) is 9.97 Å². The van der Waals surface area contributed by atoms with Gasteiger partial charge in [0, 0.05) is 12.4 Å². The second-order valence-corrected chi connectivity index (χ2v) is 4.03. The minimum Gasteiger partial charge on any atom is -0.478 e. The Balaban J connectivity index is 0.000000220. The first-order valence-electron chi connectivity index (χ1n) is 5.47. The summed E-state index contributed by atoms with van der Waals surface area (Å²) in [6.07, 6.45) is -0.743. The van der Waals surface area contributed by atoms with E-state index in [4.69, 9.17) is 22.4 Å². The molecule has 22 heavy (non-hydrogen) atoms. The molecule has 0 radical (unpaired) electrons. The third kappa shape index (κ3) is 4.29. The summed E-state index contributed by atoms with van der Waals surface area (Å²) in [4.78, 5) is 16.7. The Morgan fingerprint density at radius 3 is 2.23 bits per heavy atom. The Morgan fingerprint density at radius 2 is 1.77 bits per heavy atom. The summed E-state index contributed by atoms with van der Waals surface area (Å²) in [5.74, 6) is -3.49. The van der Waals surface area contributed by atoms with Crippen LogP contribution in [0.15, 0.2) is 24.5 Å². The highest BCUT2D eigenvalue weighted by atomic mass is 35.5. The molecule has 0 fully saturated rings. The number of alkyl halides is 2. The molecule has 0 aliphatic carbocycles. The molecule has 10 heteroatoms. The highest BCUT2D eigenvalue weighted by Crippen LogP contribution is 2.22. The number of hydrogen-bond acceptors (Lipinski definition) is 4. The van der Waals surface area contributed by atoms with Gasteiger partial charge in [0.25, 0.3) is 6.43 Å². The Morgan fingerprint density at radius 1 is 1.18 bits per heavy atom. The van der Waals surface area contributed by atoms with E-state index in [1.807, 2.05) is 0 Å². The summed E-state index contributed by atoms with van der Waals surface area (Å²) in [5.41, 5.74) is 3.33. The van der Waals surface area contributed by atoms with E-state index in [0.29, 0.717) is 0 Å². The van der Waals surface area contributed by atoms with Gasteiger partial charge in [-0.25, -0.2) is 27.3 Å². The molecule has 3 N–H and O–H groups in total. The summed E-state index contributed by atoms with van der Waals surface area (Å²) >= 11 is 5.21. The lowest BCUT2D eigenvalue weighted by molar-refractivity contribution is 0.0691. The summed E-state index contributed by atoms with van der Waals surface area (Å²) < 4.78 is 49.0. The standard InChI is InChI=1S/C6H3ClFNO2.C6H5F3N2/c7-5-4(8)3(6(10)11)1-2-9-5;7-4-3(10)1-2-11-5(4)6(8)9/h1-2H,(H,10,11);1-2,6H,(H2,10,11). The first kappa shape index (κ1) is 17.6. The number of carboxylic acid groups (broad SMARTS) is 1. The lowest BCUT2D eigenvalue weighted by atomic mass is 10.3. The van der Waals surface area contributed by atoms with Gasteiger partial charge in [-0.3, -0.25) is 4.98 Å². The predicted octanol–water partition coefficient (Wildman–Crippen LogP) is 3.31. The van der Waals surface area contributed by atoms with Crippen LogP contribution in [0, 0.1) is 11.6 Å². The molecule has 0 bridgehead atoms. The number of carbonyl (C=O) groups is 1. The van der Waals surface area contributed by atoms with E-state index in [0.717, 1.165) is 24.5 Å². The molecule has 0 amide bonds. The number of nitrogens with two attached hydrogens (primary N) is 1. The number of anilines is 1. The summed E-state index contributed by atoms with van der Waals surface area (Å²) in [7, 11) is 0. The van der Waals surface area contributed by atoms with Gasteiger partial charge in [-0.1, -0.05) is 11.6 Å². The summed E-state index contributed by atoms with van der Waals surface area (Å²) in [5, 5.41) is 7.94. The first-order chi connectivity index (χ1) is 10.3. The molecule has 2 aromatic rings. The maximum absolute atomic E-state index is 12.7. The fourth-order valence-electron chi connectivity index (χ4n) is 1.21. The van der Waals surface area contributed by atoms with E-state index in [1.54, 1.807) is 0 Å². The lowest BCUT2D eigenvalue weighted by Gasteiger charge is -2.01. The van der Waals surface area contributed by atoms with Gasteiger partial charge in [0.05, 0.1) is 11.3 Å². The van der Waals surface area contributed by atoms with Crippen LogP contribution in [0.25, 0.3) is 0 Å². The second kappa shape index (κ2) is 7.55. The number of pyridine rings is 2. The van der Waals surface area contributed by atoms with Crippen LogP contribution < -0.4 is 5.73 Å².